The molecule has 1 rings (SSSR count). The van der Waals surface area contributed by atoms with E-state index in [0.717, 1.165) is 12.5 Å². The van der Waals surface area contributed by atoms with Crippen LogP contribution < -0.4 is 65.1 Å². The smallest absolute Gasteiger partial charge is 0.326 e. The maximum atomic E-state index is 13.9. The molecule has 1 aromatic carbocycles. The number of benzene rings is 1. The normalized spacial score (nSPS) is 15.1. The Kier molecular flexibility index (Phi) is 31.2. The van der Waals surface area contributed by atoms with Crippen molar-refractivity contribution in [1.82, 2.24) is 47.9 Å². The first-order valence-electron chi connectivity index (χ1n) is 25.0. The molecule has 10 atom stereocenters. The molecule has 19 N–H and O–H groups in total. The number of amides is 9. The SMILES string of the molecule is CC[C@H](C)[C@H](NC(=O)[C@H](CCC(=O)O)NC(=O)[C@@H](NC(=O)[C@H](CCCCN)NC(=O)[C@@H](NC(=O)CNC(=O)[C@H](CO)NC(=O)CNC(=O)[C@@H](N)Cc1ccccc1)[C@@H](C)O)C(C)C)C(=O)N[C@@H](CCCCN)C(=O)O. The van der Waals surface area contributed by atoms with E-state index in [4.69, 9.17) is 17.2 Å². The standard InChI is InChI=1S/C48H80N12O15/c1-6-27(4)39(46(72)57-33(48(74)75)17-11-13-21-50)60-44(70)32(18-19-37(65)66)56-45(71)38(26(2)3)59-43(69)31(16-10-12-20-49)55-47(73)40(28(5)62)58-36(64)24-53-42(68)34(25-61)54-35(63)23-52-41(67)30(51)22-29-14-8-7-9-15-29/h7-9,14-15,26-28,30-34,38-40,61-62H,6,10-13,16-25,49-51H2,1-5H3,(H,52,67)(H,53,68)(H,54,63)(H,55,73)(H,56,71)(H,57,72)(H,58,64)(H,59,69)(H,60,70)(H,65,66)(H,74,75)/t27-,28+,30-,31-,32-,33-,34-,38-,39-,40-/m0/s1. The summed E-state index contributed by atoms with van der Waals surface area (Å²) in [4.78, 5) is 143. The summed E-state index contributed by atoms with van der Waals surface area (Å²) >= 11 is 0. The molecule has 0 unspecified atom stereocenters. The van der Waals surface area contributed by atoms with Gasteiger partial charge in [-0.2, -0.15) is 0 Å². The van der Waals surface area contributed by atoms with Gasteiger partial charge in [0.1, 0.15) is 42.3 Å². The molecule has 0 fully saturated rings. The van der Waals surface area contributed by atoms with E-state index in [1.165, 1.54) is 0 Å². The van der Waals surface area contributed by atoms with Crippen molar-refractivity contribution in [2.45, 2.75) is 153 Å². The van der Waals surface area contributed by atoms with Crippen LogP contribution >= 0.6 is 0 Å². The first kappa shape index (κ1) is 66.2. The Labute approximate surface area is 436 Å². The van der Waals surface area contributed by atoms with Gasteiger partial charge in [-0.15, -0.1) is 0 Å². The first-order chi connectivity index (χ1) is 35.4. The minimum Gasteiger partial charge on any atom is -0.481 e. The number of rotatable bonds is 37. The number of aliphatic hydroxyl groups excluding tert-OH is 2. The van der Waals surface area contributed by atoms with Gasteiger partial charge in [0.05, 0.1) is 31.8 Å². The van der Waals surface area contributed by atoms with Crippen molar-refractivity contribution in [2.75, 3.05) is 32.8 Å². The second-order valence-corrected chi connectivity index (χ2v) is 18.4. The van der Waals surface area contributed by atoms with Crippen LogP contribution in [0, 0.1) is 11.8 Å². The highest BCUT2D eigenvalue weighted by Gasteiger charge is 2.36. The van der Waals surface area contributed by atoms with Gasteiger partial charge < -0.3 is 85.5 Å². The predicted molar refractivity (Wildman–Crippen MR) is 271 cm³/mol. The number of nitrogens with two attached hydrogens (primary N) is 3. The molecule has 0 aromatic heterocycles. The number of carboxylic acid groups (broad SMARTS) is 2. The Morgan fingerprint density at radius 3 is 1.52 bits per heavy atom. The second-order valence-electron chi connectivity index (χ2n) is 18.4. The molecule has 0 aliphatic carbocycles. The van der Waals surface area contributed by atoms with Gasteiger partial charge >= 0.3 is 11.9 Å². The van der Waals surface area contributed by atoms with Crippen molar-refractivity contribution in [3.05, 3.63) is 35.9 Å². The van der Waals surface area contributed by atoms with Gasteiger partial charge in [0.2, 0.25) is 53.2 Å². The van der Waals surface area contributed by atoms with E-state index < -0.39 is 164 Å². The van der Waals surface area contributed by atoms with Crippen molar-refractivity contribution < 1.29 is 73.2 Å². The minimum absolute atomic E-state index is 0.0609. The second kappa shape index (κ2) is 35.4. The minimum atomic E-state index is -1.73. The zero-order chi connectivity index (χ0) is 56.8. The van der Waals surface area contributed by atoms with E-state index >= 15 is 0 Å². The van der Waals surface area contributed by atoms with Gasteiger partial charge in [0.25, 0.3) is 0 Å². The summed E-state index contributed by atoms with van der Waals surface area (Å²) in [5.74, 6) is -12.2. The van der Waals surface area contributed by atoms with Gasteiger partial charge in [0, 0.05) is 6.42 Å². The molecule has 0 bridgehead atoms. The number of hydrogen-bond donors (Lipinski definition) is 16. The van der Waals surface area contributed by atoms with Gasteiger partial charge in [0.15, 0.2) is 0 Å². The summed E-state index contributed by atoms with van der Waals surface area (Å²) in [7, 11) is 0. The highest BCUT2D eigenvalue weighted by Crippen LogP contribution is 2.13. The molecular weight excluding hydrogens is 985 g/mol. The first-order valence-corrected chi connectivity index (χ1v) is 25.0. The molecule has 0 aliphatic rings. The zero-order valence-electron chi connectivity index (χ0n) is 43.4. The highest BCUT2D eigenvalue weighted by atomic mass is 16.4. The largest absolute Gasteiger partial charge is 0.481 e. The summed E-state index contributed by atoms with van der Waals surface area (Å²) in [5, 5.41) is 61.0. The molecule has 75 heavy (non-hydrogen) atoms. The monoisotopic (exact) mass is 1060 g/mol. The third kappa shape index (κ3) is 25.3. The molecule has 0 aliphatic heterocycles. The highest BCUT2D eigenvalue weighted by molar-refractivity contribution is 5.98. The van der Waals surface area contributed by atoms with Crippen molar-refractivity contribution in [1.29, 1.82) is 0 Å². The molecule has 0 saturated heterocycles. The molecule has 1 aromatic rings. The molecular formula is C48H80N12O15. The van der Waals surface area contributed by atoms with E-state index in [1.807, 2.05) is 0 Å². The van der Waals surface area contributed by atoms with Crippen LogP contribution in [0.5, 0.6) is 0 Å². The molecule has 0 radical (unpaired) electrons. The predicted octanol–water partition coefficient (Wildman–Crippen LogP) is -4.54. The van der Waals surface area contributed by atoms with Crippen LogP contribution in [0.2, 0.25) is 0 Å². The fraction of sp³-hybridized carbons (Fsp3) is 0.646. The van der Waals surface area contributed by atoms with Crippen LogP contribution in [-0.2, 0) is 59.2 Å². The van der Waals surface area contributed by atoms with Crippen LogP contribution in [0.3, 0.4) is 0 Å². The van der Waals surface area contributed by atoms with Crippen molar-refractivity contribution >= 4 is 65.1 Å². The number of carboxylic acids is 2. The molecule has 27 heteroatoms. The van der Waals surface area contributed by atoms with Crippen molar-refractivity contribution in [2.24, 2.45) is 29.0 Å². The van der Waals surface area contributed by atoms with Gasteiger partial charge in [-0.05, 0) is 88.8 Å². The number of aliphatic hydroxyl groups is 2. The van der Waals surface area contributed by atoms with Crippen LogP contribution in [-0.4, -0.2) is 173 Å². The topological polar surface area (TPSA) is 455 Å². The van der Waals surface area contributed by atoms with E-state index in [9.17, 15) is 73.2 Å². The Bertz CT molecular complexity index is 2050. The molecule has 0 heterocycles. The van der Waals surface area contributed by atoms with Gasteiger partial charge in [-0.1, -0.05) is 64.4 Å². The quantitative estimate of drug-likeness (QED) is 0.0279. The third-order valence-corrected chi connectivity index (χ3v) is 11.9. The summed E-state index contributed by atoms with van der Waals surface area (Å²) in [6, 6.07) is -2.42. The Balaban J connectivity index is 3.13. The Hall–Kier alpha value is -6.81. The van der Waals surface area contributed by atoms with Crippen LogP contribution in [0.4, 0.5) is 0 Å². The lowest BCUT2D eigenvalue weighted by Gasteiger charge is -2.30. The van der Waals surface area contributed by atoms with Crippen LogP contribution in [0.15, 0.2) is 30.3 Å². The maximum Gasteiger partial charge on any atom is 0.326 e. The van der Waals surface area contributed by atoms with E-state index in [0.29, 0.717) is 32.2 Å². The van der Waals surface area contributed by atoms with Crippen LogP contribution in [0.1, 0.15) is 98.0 Å². The Morgan fingerprint density at radius 2 is 1.03 bits per heavy atom. The summed E-state index contributed by atoms with van der Waals surface area (Å²) in [5.41, 5.74) is 17.9. The third-order valence-electron chi connectivity index (χ3n) is 11.9. The number of hydrogen-bond acceptors (Lipinski definition) is 16. The summed E-state index contributed by atoms with van der Waals surface area (Å²) in [6.07, 6.45) is -0.575. The number of carbonyl (C=O) groups excluding carboxylic acids is 9. The van der Waals surface area contributed by atoms with E-state index in [2.05, 4.69) is 47.9 Å². The zero-order valence-corrected chi connectivity index (χ0v) is 43.4. The lowest BCUT2D eigenvalue weighted by atomic mass is 9.96. The van der Waals surface area contributed by atoms with Crippen molar-refractivity contribution in [3.63, 3.8) is 0 Å². The van der Waals surface area contributed by atoms with E-state index in [-0.39, 0.29) is 32.2 Å². The average Bonchev–Trinajstić information content (AvgIpc) is 3.36. The van der Waals surface area contributed by atoms with Gasteiger partial charge in [-0.25, -0.2) is 4.79 Å². The summed E-state index contributed by atoms with van der Waals surface area (Å²) < 4.78 is 0. The molecule has 422 valence electrons. The molecule has 0 spiro atoms. The average molecular weight is 1070 g/mol. The molecule has 0 saturated carbocycles. The number of nitrogens with one attached hydrogen (secondary N) is 9. The maximum absolute atomic E-state index is 13.9. The number of carbonyl (C=O) groups is 11. The van der Waals surface area contributed by atoms with Gasteiger partial charge in [-0.3, -0.25) is 47.9 Å². The lowest BCUT2D eigenvalue weighted by Crippen LogP contribution is -2.61. The van der Waals surface area contributed by atoms with Crippen molar-refractivity contribution in [3.8, 4) is 0 Å². The number of unbranched alkanes of at least 4 members (excludes halogenated alkanes) is 2. The summed E-state index contributed by atoms with van der Waals surface area (Å²) in [6.45, 7) is 5.78. The lowest BCUT2D eigenvalue weighted by molar-refractivity contribution is -0.143. The fourth-order valence-electron chi connectivity index (χ4n) is 7.20. The van der Waals surface area contributed by atoms with E-state index in [1.54, 1.807) is 58.0 Å². The number of aliphatic carboxylic acids is 2. The molecule has 27 nitrogen and oxygen atoms in total. The Morgan fingerprint density at radius 1 is 0.547 bits per heavy atom. The van der Waals surface area contributed by atoms with Crippen LogP contribution in [0.25, 0.3) is 0 Å². The fourth-order valence-corrected chi connectivity index (χ4v) is 7.20. The molecule has 9 amide bonds.